The van der Waals surface area contributed by atoms with Crippen LogP contribution in [0.2, 0.25) is 5.02 Å². The number of halogens is 3. The molecule has 108 valence electrons. The van der Waals surface area contributed by atoms with Crippen LogP contribution < -0.4 is 5.32 Å². The third-order valence-corrected chi connectivity index (χ3v) is 5.42. The first-order chi connectivity index (χ1) is 10.1. The van der Waals surface area contributed by atoms with Crippen LogP contribution >= 0.6 is 38.9 Å². The Morgan fingerprint density at radius 2 is 1.95 bits per heavy atom. The van der Waals surface area contributed by atoms with Crippen LogP contribution in [0.25, 0.3) is 10.1 Å². The smallest absolute Gasteiger partial charge is 0.127 e. The monoisotopic (exact) mass is 383 g/mol. The van der Waals surface area contributed by atoms with Crippen LogP contribution in [0.3, 0.4) is 0 Å². The lowest BCUT2D eigenvalue weighted by Gasteiger charge is -2.06. The predicted molar refractivity (Wildman–Crippen MR) is 91.5 cm³/mol. The topological polar surface area (TPSA) is 12.0 Å². The molecule has 3 rings (SSSR count). The lowest BCUT2D eigenvalue weighted by Crippen LogP contribution is -2.13. The average Bonchev–Trinajstić information content (AvgIpc) is 2.80. The van der Waals surface area contributed by atoms with Crippen LogP contribution in [0.1, 0.15) is 10.4 Å². The van der Waals surface area contributed by atoms with Crippen LogP contribution in [0.4, 0.5) is 4.39 Å². The number of hydrogen-bond acceptors (Lipinski definition) is 2. The molecule has 0 saturated heterocycles. The van der Waals surface area contributed by atoms with Gasteiger partial charge >= 0.3 is 0 Å². The molecular weight excluding hydrogens is 373 g/mol. The van der Waals surface area contributed by atoms with Gasteiger partial charge in [0.05, 0.1) is 5.02 Å². The Balaban J connectivity index is 1.72. The SMILES string of the molecule is Fc1ccc(Br)cc1CNCc1sc2ccccc2c1Cl. The molecule has 0 aliphatic heterocycles. The van der Waals surface area contributed by atoms with Crippen molar-refractivity contribution < 1.29 is 4.39 Å². The van der Waals surface area contributed by atoms with Gasteiger partial charge < -0.3 is 5.32 Å². The Labute approximate surface area is 139 Å². The molecule has 0 fully saturated rings. The number of nitrogens with one attached hydrogen (secondary N) is 1. The van der Waals surface area contributed by atoms with Crippen LogP contribution in [-0.2, 0) is 13.1 Å². The summed E-state index contributed by atoms with van der Waals surface area (Å²) in [5.41, 5.74) is 0.640. The molecule has 1 heterocycles. The Kier molecular flexibility index (Phi) is 4.60. The van der Waals surface area contributed by atoms with Crippen molar-refractivity contribution in [1.29, 1.82) is 0 Å². The van der Waals surface area contributed by atoms with E-state index in [0.29, 0.717) is 18.7 Å². The molecule has 1 aromatic heterocycles. The van der Waals surface area contributed by atoms with Gasteiger partial charge in [0.2, 0.25) is 0 Å². The minimum absolute atomic E-state index is 0.201. The van der Waals surface area contributed by atoms with E-state index < -0.39 is 0 Å². The van der Waals surface area contributed by atoms with Crippen molar-refractivity contribution in [2.75, 3.05) is 0 Å². The van der Waals surface area contributed by atoms with E-state index >= 15 is 0 Å². The normalized spacial score (nSPS) is 11.2. The molecule has 2 aromatic carbocycles. The third-order valence-electron chi connectivity index (χ3n) is 3.21. The van der Waals surface area contributed by atoms with E-state index in [9.17, 15) is 4.39 Å². The molecule has 0 aliphatic carbocycles. The summed E-state index contributed by atoms with van der Waals surface area (Å²) in [5.74, 6) is -0.201. The molecule has 0 bridgehead atoms. The molecule has 0 saturated carbocycles. The zero-order chi connectivity index (χ0) is 14.8. The lowest BCUT2D eigenvalue weighted by molar-refractivity contribution is 0.588. The van der Waals surface area contributed by atoms with E-state index in [2.05, 4.69) is 27.3 Å². The first kappa shape index (κ1) is 15.0. The van der Waals surface area contributed by atoms with E-state index in [-0.39, 0.29) is 5.82 Å². The number of hydrogen-bond donors (Lipinski definition) is 1. The van der Waals surface area contributed by atoms with Crippen LogP contribution in [0.15, 0.2) is 46.9 Å². The highest BCUT2D eigenvalue weighted by Crippen LogP contribution is 2.35. The summed E-state index contributed by atoms with van der Waals surface area (Å²) >= 11 is 11.4. The minimum Gasteiger partial charge on any atom is -0.308 e. The number of rotatable bonds is 4. The molecule has 21 heavy (non-hydrogen) atoms. The molecule has 0 atom stereocenters. The van der Waals surface area contributed by atoms with E-state index in [1.807, 2.05) is 18.2 Å². The van der Waals surface area contributed by atoms with Gasteiger partial charge in [-0.15, -0.1) is 11.3 Å². The molecule has 0 radical (unpaired) electrons. The van der Waals surface area contributed by atoms with Gasteiger partial charge in [-0.3, -0.25) is 0 Å². The molecule has 5 heteroatoms. The maximum absolute atomic E-state index is 13.7. The van der Waals surface area contributed by atoms with Crippen molar-refractivity contribution in [3.63, 3.8) is 0 Å². The van der Waals surface area contributed by atoms with Gasteiger partial charge in [-0.1, -0.05) is 45.7 Å². The molecule has 1 N–H and O–H groups in total. The van der Waals surface area contributed by atoms with Crippen molar-refractivity contribution in [2.24, 2.45) is 0 Å². The summed E-state index contributed by atoms with van der Waals surface area (Å²) in [4.78, 5) is 1.08. The summed E-state index contributed by atoms with van der Waals surface area (Å²) in [6.45, 7) is 1.10. The fraction of sp³-hybridized carbons (Fsp3) is 0.125. The van der Waals surface area contributed by atoms with Gasteiger partial charge in [-0.25, -0.2) is 4.39 Å². The lowest BCUT2D eigenvalue weighted by atomic mass is 10.2. The maximum Gasteiger partial charge on any atom is 0.127 e. The van der Waals surface area contributed by atoms with Crippen LogP contribution in [0.5, 0.6) is 0 Å². The summed E-state index contributed by atoms with van der Waals surface area (Å²) in [6.07, 6.45) is 0. The zero-order valence-corrected chi connectivity index (χ0v) is 14.2. The Bertz CT molecular complexity index is 787. The van der Waals surface area contributed by atoms with Crippen molar-refractivity contribution in [3.8, 4) is 0 Å². The summed E-state index contributed by atoms with van der Waals surface area (Å²) in [6, 6.07) is 13.0. The second-order valence-corrected chi connectivity index (χ2v) is 7.11. The van der Waals surface area contributed by atoms with Crippen LogP contribution in [0, 0.1) is 5.82 Å². The number of benzene rings is 2. The van der Waals surface area contributed by atoms with Crippen LogP contribution in [-0.4, -0.2) is 0 Å². The first-order valence-electron chi connectivity index (χ1n) is 6.45. The van der Waals surface area contributed by atoms with Crippen molar-refractivity contribution >= 4 is 49.0 Å². The molecule has 0 spiro atoms. The second-order valence-electron chi connectivity index (χ2n) is 4.67. The molecular formula is C16H12BrClFNS. The fourth-order valence-electron chi connectivity index (χ4n) is 2.17. The standard InChI is InChI=1S/C16H12BrClFNS/c17-11-5-6-13(19)10(7-11)8-20-9-15-16(18)12-3-1-2-4-14(12)21-15/h1-7,20H,8-9H2. The largest absolute Gasteiger partial charge is 0.308 e. The van der Waals surface area contributed by atoms with Gasteiger partial charge in [-0.05, 0) is 24.3 Å². The fourth-order valence-corrected chi connectivity index (χ4v) is 4.05. The average molecular weight is 385 g/mol. The molecule has 3 aromatic rings. The van der Waals surface area contributed by atoms with Gasteiger partial charge in [0.15, 0.2) is 0 Å². The first-order valence-corrected chi connectivity index (χ1v) is 8.44. The quantitative estimate of drug-likeness (QED) is 0.604. The Morgan fingerprint density at radius 1 is 1.14 bits per heavy atom. The molecule has 1 nitrogen and oxygen atoms in total. The predicted octanol–water partition coefficient (Wildman–Crippen LogP) is 5.75. The van der Waals surface area contributed by atoms with Gasteiger partial charge in [0.1, 0.15) is 5.82 Å². The second kappa shape index (κ2) is 6.44. The van der Waals surface area contributed by atoms with Crippen molar-refractivity contribution in [3.05, 3.63) is 68.2 Å². The van der Waals surface area contributed by atoms with Gasteiger partial charge in [-0.2, -0.15) is 0 Å². The summed E-state index contributed by atoms with van der Waals surface area (Å²) in [5, 5.41) is 5.12. The van der Waals surface area contributed by atoms with Crippen molar-refractivity contribution in [1.82, 2.24) is 5.32 Å². The van der Waals surface area contributed by atoms with Crippen molar-refractivity contribution in [2.45, 2.75) is 13.1 Å². The maximum atomic E-state index is 13.7. The minimum atomic E-state index is -0.201. The Morgan fingerprint density at radius 3 is 2.76 bits per heavy atom. The zero-order valence-electron chi connectivity index (χ0n) is 11.0. The van der Waals surface area contributed by atoms with E-state index in [1.165, 1.54) is 10.8 Å². The highest BCUT2D eigenvalue weighted by Gasteiger charge is 2.10. The van der Waals surface area contributed by atoms with E-state index in [0.717, 1.165) is 19.8 Å². The summed E-state index contributed by atoms with van der Waals surface area (Å²) in [7, 11) is 0. The Hall–Kier alpha value is -0.940. The number of fused-ring (bicyclic) bond motifs is 1. The third kappa shape index (κ3) is 3.29. The molecule has 0 aliphatic rings. The van der Waals surface area contributed by atoms with E-state index in [1.54, 1.807) is 23.5 Å². The van der Waals surface area contributed by atoms with Gasteiger partial charge in [0, 0.05) is 38.1 Å². The molecule has 0 unspecified atom stereocenters. The molecule has 0 amide bonds. The highest BCUT2D eigenvalue weighted by atomic mass is 79.9. The summed E-state index contributed by atoms with van der Waals surface area (Å²) < 4.78 is 15.7. The van der Waals surface area contributed by atoms with Gasteiger partial charge in [0.25, 0.3) is 0 Å². The van der Waals surface area contributed by atoms with E-state index in [4.69, 9.17) is 11.6 Å². The highest BCUT2D eigenvalue weighted by molar-refractivity contribution is 9.10. The number of thiophene rings is 1.